The Morgan fingerprint density at radius 2 is 1.71 bits per heavy atom. The second-order valence-electron chi connectivity index (χ2n) is 0.803. The van der Waals surface area contributed by atoms with Crippen LogP contribution in [0, 0.1) is 0 Å². The molecular weight excluding hydrogens is 328 g/mol. The summed E-state index contributed by atoms with van der Waals surface area (Å²) >= 11 is 11.3. The molecule has 0 aromatic heterocycles. The first kappa shape index (κ1) is 9.11. The quantitative estimate of drug-likeness (QED) is 0.558. The normalized spacial score (nSPS) is 14.7. The van der Waals surface area contributed by atoms with E-state index in [-0.39, 0.29) is 8.75 Å². The minimum atomic E-state index is 0.0486. The molecule has 0 amide bonds. The Kier molecular flexibility index (Phi) is 6.44. The summed E-state index contributed by atoms with van der Waals surface area (Å²) in [4.78, 5) is 0. The van der Waals surface area contributed by atoms with Crippen LogP contribution in [0.3, 0.4) is 0 Å². The fourth-order valence-corrected chi connectivity index (χ4v) is 1.10. The number of hydrogen-bond acceptors (Lipinski definition) is 1. The molecule has 0 fully saturated rings. The maximum absolute atomic E-state index is 4.83. The summed E-state index contributed by atoms with van der Waals surface area (Å²) < 4.78 is 5.02. The number of alkyl halides is 3. The van der Waals surface area contributed by atoms with Gasteiger partial charge in [0.2, 0.25) is 0 Å². The molecule has 0 aliphatic carbocycles. The van der Waals surface area contributed by atoms with Crippen LogP contribution in [0.1, 0.15) is 0 Å². The van der Waals surface area contributed by atoms with Gasteiger partial charge in [-0.15, -0.1) is 0 Å². The van der Waals surface area contributed by atoms with Gasteiger partial charge in [-0.1, -0.05) is 0 Å². The molecule has 7 heavy (non-hydrogen) atoms. The molecule has 41 valence electrons. The van der Waals surface area contributed by atoms with Gasteiger partial charge in [-0.2, -0.15) is 0 Å². The van der Waals surface area contributed by atoms with Gasteiger partial charge in [0.1, 0.15) is 0 Å². The van der Waals surface area contributed by atoms with Crippen molar-refractivity contribution in [2.45, 2.75) is 8.75 Å². The van der Waals surface area contributed by atoms with Crippen molar-refractivity contribution < 1.29 is 24.1 Å². The molecule has 0 aromatic rings. The van der Waals surface area contributed by atoms with Gasteiger partial charge in [-0.25, -0.2) is 0 Å². The summed E-state index contributed by atoms with van der Waals surface area (Å²) in [5.41, 5.74) is 0. The van der Waals surface area contributed by atoms with Crippen molar-refractivity contribution in [2.75, 3.05) is 0 Å². The molecule has 0 saturated heterocycles. The molecule has 0 rings (SSSR count). The van der Waals surface area contributed by atoms with Gasteiger partial charge in [0, 0.05) is 0 Å². The topological polar surface area (TPSA) is 9.23 Å². The van der Waals surface area contributed by atoms with Gasteiger partial charge < -0.3 is 0 Å². The van der Waals surface area contributed by atoms with Crippen molar-refractivity contribution >= 4 is 47.8 Å². The van der Waals surface area contributed by atoms with E-state index < -0.39 is 0 Å². The minimum absolute atomic E-state index is 0.0486. The molecular formula is C2H2Br3OTi. The molecule has 0 bridgehead atoms. The predicted molar refractivity (Wildman–Crippen MR) is 35.4 cm³/mol. The van der Waals surface area contributed by atoms with Crippen LogP contribution in [0.4, 0.5) is 0 Å². The van der Waals surface area contributed by atoms with Crippen LogP contribution < -0.4 is 0 Å². The number of halogens is 3. The van der Waals surface area contributed by atoms with E-state index in [1.165, 1.54) is 0 Å². The summed E-state index contributed by atoms with van der Waals surface area (Å²) in [6.45, 7) is 0. The second-order valence-corrected chi connectivity index (χ2v) is 5.28. The summed E-state index contributed by atoms with van der Waals surface area (Å²) in [5.74, 6) is 0. The molecule has 0 spiro atoms. The summed E-state index contributed by atoms with van der Waals surface area (Å²) in [6, 6.07) is 0. The standard InChI is InChI=1S/C2H2Br3O.Ti/c3-1(4)2(5)6;/h1-2H;/q-1;+1. The molecule has 0 aliphatic rings. The van der Waals surface area contributed by atoms with E-state index >= 15 is 0 Å². The van der Waals surface area contributed by atoms with E-state index in [1.54, 1.807) is 20.8 Å². The Labute approximate surface area is 79.8 Å². The average molecular weight is 330 g/mol. The van der Waals surface area contributed by atoms with E-state index in [0.29, 0.717) is 0 Å². The van der Waals surface area contributed by atoms with Crippen LogP contribution in [-0.2, 0) is 24.1 Å². The average Bonchev–Trinajstić information content (AvgIpc) is 1.65. The van der Waals surface area contributed by atoms with Crippen molar-refractivity contribution in [1.29, 1.82) is 0 Å². The summed E-state index contributed by atoms with van der Waals surface area (Å²) in [6.07, 6.45) is 0. The molecule has 1 unspecified atom stereocenters. The van der Waals surface area contributed by atoms with Crippen LogP contribution in [0.15, 0.2) is 0 Å². The van der Waals surface area contributed by atoms with Crippen LogP contribution in [0.2, 0.25) is 0 Å². The second kappa shape index (κ2) is 4.94. The Balaban J connectivity index is 3.14. The van der Waals surface area contributed by atoms with Crippen LogP contribution in [-0.4, -0.2) is 8.75 Å². The summed E-state index contributed by atoms with van der Waals surface area (Å²) in [7, 11) is 0. The Morgan fingerprint density at radius 3 is 1.71 bits per heavy atom. The van der Waals surface area contributed by atoms with Gasteiger partial charge in [0.05, 0.1) is 0 Å². The first-order chi connectivity index (χ1) is 3.18. The third-order valence-corrected chi connectivity index (χ3v) is 4.34. The molecule has 1 nitrogen and oxygen atoms in total. The Hall–Kier alpha value is 2.11. The third-order valence-electron chi connectivity index (χ3n) is 0.311. The van der Waals surface area contributed by atoms with Gasteiger partial charge in [0.25, 0.3) is 0 Å². The van der Waals surface area contributed by atoms with Crippen molar-refractivity contribution in [3.8, 4) is 0 Å². The van der Waals surface area contributed by atoms with Crippen LogP contribution in [0.5, 0.6) is 0 Å². The SMILES string of the molecule is [Ti][O]C(Br)C(Br)Br. The van der Waals surface area contributed by atoms with E-state index in [2.05, 4.69) is 47.8 Å². The van der Waals surface area contributed by atoms with Crippen LogP contribution >= 0.6 is 47.8 Å². The molecule has 0 saturated carbocycles. The van der Waals surface area contributed by atoms with Crippen molar-refractivity contribution in [1.82, 2.24) is 0 Å². The van der Waals surface area contributed by atoms with Crippen molar-refractivity contribution in [3.63, 3.8) is 0 Å². The fraction of sp³-hybridized carbons (Fsp3) is 1.00. The van der Waals surface area contributed by atoms with Crippen molar-refractivity contribution in [2.24, 2.45) is 0 Å². The number of rotatable bonds is 2. The van der Waals surface area contributed by atoms with Crippen LogP contribution in [0.25, 0.3) is 0 Å². The summed E-state index contributed by atoms with van der Waals surface area (Å²) in [5, 5.41) is 0.0486. The first-order valence-corrected chi connectivity index (χ1v) is 4.81. The molecule has 0 N–H and O–H groups in total. The van der Waals surface area contributed by atoms with Gasteiger partial charge in [0.15, 0.2) is 0 Å². The zero-order chi connectivity index (χ0) is 5.86. The van der Waals surface area contributed by atoms with Crippen molar-refractivity contribution in [3.05, 3.63) is 0 Å². The van der Waals surface area contributed by atoms with E-state index in [0.717, 1.165) is 0 Å². The van der Waals surface area contributed by atoms with E-state index in [9.17, 15) is 0 Å². The number of hydrogen-bond donors (Lipinski definition) is 0. The van der Waals surface area contributed by atoms with Gasteiger partial charge >= 0.3 is 80.7 Å². The fourth-order valence-electron chi connectivity index (χ4n) is 0.0514. The Bertz CT molecular complexity index is 50.2. The molecule has 0 heterocycles. The maximum atomic E-state index is 4.83. The third kappa shape index (κ3) is 4.61. The monoisotopic (exact) mass is 327 g/mol. The van der Waals surface area contributed by atoms with Gasteiger partial charge in [-0.3, -0.25) is 0 Å². The predicted octanol–water partition coefficient (Wildman–Crippen LogP) is 2.30. The Morgan fingerprint density at radius 1 is 1.29 bits per heavy atom. The molecule has 1 atom stereocenters. The molecule has 0 aliphatic heterocycles. The zero-order valence-corrected chi connectivity index (χ0v) is 9.52. The van der Waals surface area contributed by atoms with E-state index in [4.69, 9.17) is 3.32 Å². The molecule has 0 aromatic carbocycles. The van der Waals surface area contributed by atoms with E-state index in [1.807, 2.05) is 0 Å². The molecule has 5 heteroatoms. The first-order valence-electron chi connectivity index (χ1n) is 1.43. The zero-order valence-electron chi connectivity index (χ0n) is 3.20. The van der Waals surface area contributed by atoms with Gasteiger partial charge in [-0.05, 0) is 0 Å². The molecule has 0 radical (unpaired) electrons.